The fourth-order valence-electron chi connectivity index (χ4n) is 1.67. The van der Waals surface area contributed by atoms with E-state index in [0.717, 1.165) is 0 Å². The number of quaternary nitrogens is 1. The number of hydrogen-bond acceptors (Lipinski definition) is 0. The van der Waals surface area contributed by atoms with Gasteiger partial charge in [-0.05, 0) is 12.8 Å². The average Bonchev–Trinajstić information content (AvgIpc) is 1.85. The van der Waals surface area contributed by atoms with Crippen molar-refractivity contribution < 1.29 is 4.48 Å². The van der Waals surface area contributed by atoms with Crippen molar-refractivity contribution >= 4 is 0 Å². The molecule has 1 heteroatoms. The summed E-state index contributed by atoms with van der Waals surface area (Å²) in [5.74, 6) is 0. The van der Waals surface area contributed by atoms with Crippen molar-refractivity contribution in [3.8, 4) is 0 Å². The Labute approximate surface area is 64.6 Å². The van der Waals surface area contributed by atoms with Gasteiger partial charge in [0, 0.05) is 6.42 Å². The van der Waals surface area contributed by atoms with E-state index in [0.29, 0.717) is 0 Å². The minimum Gasteiger partial charge on any atom is -0.326 e. The summed E-state index contributed by atoms with van der Waals surface area (Å²) in [6.07, 6.45) is 5.68. The third-order valence-corrected chi connectivity index (χ3v) is 2.70. The standard InChI is InChI=1S/C9H20N/c1-3-4-5-7-10(2)8-6-9-10/h3-9H2,1-2H3/q+1. The molecule has 0 saturated carbocycles. The highest BCUT2D eigenvalue weighted by atomic mass is 15.4. The molecule has 0 N–H and O–H groups in total. The van der Waals surface area contributed by atoms with Gasteiger partial charge in [-0.25, -0.2) is 0 Å². The molecule has 0 aliphatic carbocycles. The first-order valence-corrected chi connectivity index (χ1v) is 4.60. The van der Waals surface area contributed by atoms with Gasteiger partial charge in [-0.2, -0.15) is 0 Å². The molecule has 0 bridgehead atoms. The minimum absolute atomic E-state index is 1.36. The van der Waals surface area contributed by atoms with Crippen LogP contribution in [0.3, 0.4) is 0 Å². The van der Waals surface area contributed by atoms with E-state index in [2.05, 4.69) is 14.0 Å². The normalized spacial score (nSPS) is 22.2. The maximum atomic E-state index is 2.39. The van der Waals surface area contributed by atoms with Gasteiger partial charge < -0.3 is 4.48 Å². The Morgan fingerprint density at radius 3 is 2.30 bits per heavy atom. The Hall–Kier alpha value is -0.0400. The first-order chi connectivity index (χ1) is 4.77. The van der Waals surface area contributed by atoms with Gasteiger partial charge in [0.2, 0.25) is 0 Å². The Morgan fingerprint density at radius 1 is 1.20 bits per heavy atom. The molecule has 0 aromatic heterocycles. The largest absolute Gasteiger partial charge is 0.326 e. The number of likely N-dealkylation sites (tertiary alicyclic amines) is 1. The van der Waals surface area contributed by atoms with Gasteiger partial charge in [0.05, 0.1) is 26.7 Å². The number of nitrogens with zero attached hydrogens (tertiary/aromatic N) is 1. The van der Waals surface area contributed by atoms with Crippen molar-refractivity contribution in [3.05, 3.63) is 0 Å². The van der Waals surface area contributed by atoms with Crippen molar-refractivity contribution in [2.24, 2.45) is 0 Å². The summed E-state index contributed by atoms with van der Waals surface area (Å²) in [5.41, 5.74) is 0. The Balaban J connectivity index is 2.01. The SMILES string of the molecule is CCCCC[N+]1(C)CCC1. The first kappa shape index (κ1) is 8.06. The molecule has 1 aliphatic rings. The van der Waals surface area contributed by atoms with Gasteiger partial charge >= 0.3 is 0 Å². The second-order valence-electron chi connectivity index (χ2n) is 3.85. The Morgan fingerprint density at radius 2 is 1.90 bits per heavy atom. The highest BCUT2D eigenvalue weighted by Gasteiger charge is 2.28. The fourth-order valence-corrected chi connectivity index (χ4v) is 1.67. The molecule has 1 heterocycles. The average molecular weight is 142 g/mol. The molecular weight excluding hydrogens is 122 g/mol. The molecule has 0 radical (unpaired) electrons. The highest BCUT2D eigenvalue weighted by molar-refractivity contribution is 4.51. The lowest BCUT2D eigenvalue weighted by atomic mass is 10.1. The quantitative estimate of drug-likeness (QED) is 0.416. The predicted molar refractivity (Wildman–Crippen MR) is 44.9 cm³/mol. The van der Waals surface area contributed by atoms with Crippen molar-refractivity contribution in [1.82, 2.24) is 0 Å². The van der Waals surface area contributed by atoms with Crippen LogP contribution in [0.4, 0.5) is 0 Å². The molecule has 1 fully saturated rings. The van der Waals surface area contributed by atoms with Gasteiger partial charge in [0.1, 0.15) is 0 Å². The van der Waals surface area contributed by atoms with E-state index in [1.165, 1.54) is 49.8 Å². The molecular formula is C9H20N+. The zero-order chi connectivity index (χ0) is 7.45. The van der Waals surface area contributed by atoms with Crippen molar-refractivity contribution in [2.75, 3.05) is 26.7 Å². The van der Waals surface area contributed by atoms with E-state index in [1.807, 2.05) is 0 Å². The maximum absolute atomic E-state index is 2.39. The molecule has 1 nitrogen and oxygen atoms in total. The first-order valence-electron chi connectivity index (χ1n) is 4.60. The van der Waals surface area contributed by atoms with E-state index in [4.69, 9.17) is 0 Å². The van der Waals surface area contributed by atoms with E-state index >= 15 is 0 Å². The van der Waals surface area contributed by atoms with Crippen LogP contribution in [0.2, 0.25) is 0 Å². The lowest BCUT2D eigenvalue weighted by molar-refractivity contribution is -0.946. The lowest BCUT2D eigenvalue weighted by Gasteiger charge is -2.42. The second kappa shape index (κ2) is 3.38. The van der Waals surface area contributed by atoms with Crippen LogP contribution < -0.4 is 0 Å². The van der Waals surface area contributed by atoms with Crippen molar-refractivity contribution in [1.29, 1.82) is 0 Å². The van der Waals surface area contributed by atoms with Gasteiger partial charge in [-0.15, -0.1) is 0 Å². The van der Waals surface area contributed by atoms with Gasteiger partial charge in [0.25, 0.3) is 0 Å². The van der Waals surface area contributed by atoms with Crippen LogP contribution in [0.15, 0.2) is 0 Å². The number of rotatable bonds is 4. The monoisotopic (exact) mass is 142 g/mol. The van der Waals surface area contributed by atoms with E-state index in [-0.39, 0.29) is 0 Å². The minimum atomic E-state index is 1.36. The summed E-state index contributed by atoms with van der Waals surface area (Å²) in [7, 11) is 2.39. The molecule has 0 aromatic carbocycles. The summed E-state index contributed by atoms with van der Waals surface area (Å²) in [6.45, 7) is 6.57. The molecule has 0 aromatic rings. The third-order valence-electron chi connectivity index (χ3n) is 2.70. The van der Waals surface area contributed by atoms with Gasteiger partial charge in [-0.1, -0.05) is 13.3 Å². The molecule has 10 heavy (non-hydrogen) atoms. The zero-order valence-corrected chi connectivity index (χ0v) is 7.40. The molecule has 60 valence electrons. The molecule has 0 amide bonds. The summed E-state index contributed by atoms with van der Waals surface area (Å²) >= 11 is 0. The Kier molecular flexibility index (Phi) is 2.72. The third kappa shape index (κ3) is 1.98. The fraction of sp³-hybridized carbons (Fsp3) is 1.00. The lowest BCUT2D eigenvalue weighted by Crippen LogP contribution is -2.54. The van der Waals surface area contributed by atoms with Crippen LogP contribution in [0.25, 0.3) is 0 Å². The van der Waals surface area contributed by atoms with Crippen LogP contribution in [-0.4, -0.2) is 31.2 Å². The van der Waals surface area contributed by atoms with E-state index in [1.54, 1.807) is 0 Å². The summed E-state index contributed by atoms with van der Waals surface area (Å²) in [4.78, 5) is 0. The van der Waals surface area contributed by atoms with E-state index in [9.17, 15) is 0 Å². The van der Waals surface area contributed by atoms with Crippen LogP contribution in [0, 0.1) is 0 Å². The van der Waals surface area contributed by atoms with Gasteiger partial charge in [0.15, 0.2) is 0 Å². The summed E-state index contributed by atoms with van der Waals surface area (Å²) < 4.78 is 1.36. The van der Waals surface area contributed by atoms with Crippen LogP contribution in [0.1, 0.15) is 32.6 Å². The zero-order valence-electron chi connectivity index (χ0n) is 7.40. The topological polar surface area (TPSA) is 0 Å². The molecule has 1 saturated heterocycles. The van der Waals surface area contributed by atoms with Crippen molar-refractivity contribution in [3.63, 3.8) is 0 Å². The van der Waals surface area contributed by atoms with Crippen LogP contribution in [0.5, 0.6) is 0 Å². The second-order valence-corrected chi connectivity index (χ2v) is 3.85. The van der Waals surface area contributed by atoms with Crippen molar-refractivity contribution in [2.45, 2.75) is 32.6 Å². The summed E-state index contributed by atoms with van der Waals surface area (Å²) in [6, 6.07) is 0. The maximum Gasteiger partial charge on any atom is 0.0839 e. The van der Waals surface area contributed by atoms with Crippen LogP contribution in [-0.2, 0) is 0 Å². The summed E-state index contributed by atoms with van der Waals surface area (Å²) in [5, 5.41) is 0. The van der Waals surface area contributed by atoms with Gasteiger partial charge in [-0.3, -0.25) is 0 Å². The van der Waals surface area contributed by atoms with E-state index < -0.39 is 0 Å². The number of unbranched alkanes of at least 4 members (excludes halogenated alkanes) is 2. The molecule has 0 spiro atoms. The molecule has 1 rings (SSSR count). The predicted octanol–water partition coefficient (Wildman–Crippen LogP) is 2.03. The Bertz CT molecular complexity index is 94.9. The molecule has 0 unspecified atom stereocenters. The van der Waals surface area contributed by atoms with Crippen LogP contribution >= 0.6 is 0 Å². The molecule has 1 aliphatic heterocycles. The highest BCUT2D eigenvalue weighted by Crippen LogP contribution is 2.17. The number of hydrogen-bond donors (Lipinski definition) is 0. The smallest absolute Gasteiger partial charge is 0.0839 e. The molecule has 0 atom stereocenters.